The largest absolute Gasteiger partial charge is 0.292 e. The molecule has 30 heavy (non-hydrogen) atoms. The second kappa shape index (κ2) is 8.08. The van der Waals surface area contributed by atoms with E-state index in [2.05, 4.69) is 66.4 Å². The normalized spacial score (nSPS) is 16.8. The lowest BCUT2D eigenvalue weighted by Gasteiger charge is -2.35. The van der Waals surface area contributed by atoms with Gasteiger partial charge < -0.3 is 0 Å². The fourth-order valence-corrected chi connectivity index (χ4v) is 4.99. The highest BCUT2D eigenvalue weighted by Gasteiger charge is 2.29. The van der Waals surface area contributed by atoms with E-state index in [4.69, 9.17) is 0 Å². The first-order chi connectivity index (χ1) is 14.7. The third kappa shape index (κ3) is 3.44. The quantitative estimate of drug-likeness (QED) is 0.437. The molecule has 0 N–H and O–H groups in total. The topological polar surface area (TPSA) is 25.2 Å². The lowest BCUT2D eigenvalue weighted by molar-refractivity contribution is 0.0696. The first-order valence-corrected chi connectivity index (χ1v) is 11.0. The number of hydrogen-bond acceptors (Lipinski definition) is 2. The summed E-state index contributed by atoms with van der Waals surface area (Å²) in [5, 5.41) is 2.30. The molecule has 0 bridgehead atoms. The van der Waals surface area contributed by atoms with Crippen LogP contribution in [-0.4, -0.2) is 34.5 Å². The van der Waals surface area contributed by atoms with Crippen molar-refractivity contribution in [1.82, 2.24) is 9.47 Å². The van der Waals surface area contributed by atoms with Crippen molar-refractivity contribution in [3.8, 4) is 0 Å². The highest BCUT2D eigenvalue weighted by atomic mass is 16.2. The van der Waals surface area contributed by atoms with Crippen LogP contribution in [0.4, 0.5) is 0 Å². The molecule has 5 rings (SSSR count). The van der Waals surface area contributed by atoms with Gasteiger partial charge in [0.05, 0.1) is 17.1 Å². The van der Waals surface area contributed by atoms with E-state index in [1.165, 1.54) is 5.56 Å². The molecule has 3 heteroatoms. The van der Waals surface area contributed by atoms with Crippen LogP contribution >= 0.6 is 0 Å². The summed E-state index contributed by atoms with van der Waals surface area (Å²) in [5.41, 5.74) is 3.44. The fraction of sp³-hybridized carbons (Fsp3) is 0.296. The smallest absolute Gasteiger partial charge is 0.248 e. The average molecular weight is 397 g/mol. The van der Waals surface area contributed by atoms with E-state index >= 15 is 0 Å². The molecule has 1 fully saturated rings. The van der Waals surface area contributed by atoms with Crippen LogP contribution in [0.5, 0.6) is 0 Å². The summed E-state index contributed by atoms with van der Waals surface area (Å²) in [7, 11) is 0. The number of benzene rings is 3. The molecule has 1 saturated heterocycles. The minimum absolute atomic E-state index is 0.123. The van der Waals surface area contributed by atoms with Crippen LogP contribution in [0.15, 0.2) is 78.9 Å². The molecule has 0 saturated carbocycles. The van der Waals surface area contributed by atoms with E-state index in [-0.39, 0.29) is 11.9 Å². The van der Waals surface area contributed by atoms with Crippen LogP contribution in [0.1, 0.15) is 30.1 Å². The van der Waals surface area contributed by atoms with Gasteiger partial charge in [-0.25, -0.2) is 0 Å². The number of rotatable bonds is 4. The van der Waals surface area contributed by atoms with Crippen molar-refractivity contribution < 1.29 is 4.79 Å². The van der Waals surface area contributed by atoms with Gasteiger partial charge in [-0.2, -0.15) is 0 Å². The van der Waals surface area contributed by atoms with Gasteiger partial charge in [0.2, 0.25) is 5.91 Å². The molecule has 0 spiro atoms. The Morgan fingerprint density at radius 3 is 1.97 bits per heavy atom. The maximum Gasteiger partial charge on any atom is 0.248 e. The fourth-order valence-electron chi connectivity index (χ4n) is 4.99. The van der Waals surface area contributed by atoms with Gasteiger partial charge in [-0.1, -0.05) is 66.7 Å². The maximum atomic E-state index is 13.6. The first-order valence-electron chi connectivity index (χ1n) is 11.0. The number of carbonyl (C=O) groups excluding carboxylic acids is 1. The Bertz CT molecular complexity index is 1120. The molecule has 152 valence electrons. The summed E-state index contributed by atoms with van der Waals surface area (Å²) < 4.78 is 1.94. The number of carbonyl (C=O) groups is 1. The van der Waals surface area contributed by atoms with Gasteiger partial charge in [0, 0.05) is 10.8 Å². The van der Waals surface area contributed by atoms with Gasteiger partial charge in [-0.05, 0) is 62.9 Å². The van der Waals surface area contributed by atoms with Crippen LogP contribution < -0.4 is 0 Å². The van der Waals surface area contributed by atoms with Crippen molar-refractivity contribution in [3.63, 3.8) is 0 Å². The minimum atomic E-state index is -0.123. The molecular weight excluding hydrogens is 368 g/mol. The van der Waals surface area contributed by atoms with Crippen molar-refractivity contribution in [2.75, 3.05) is 13.1 Å². The lowest BCUT2D eigenvalue weighted by Crippen LogP contribution is -2.45. The summed E-state index contributed by atoms with van der Waals surface area (Å²) in [4.78, 5) is 16.0. The molecular formula is C27H28N2O. The standard InChI is InChI=1S/C27H28N2O/c1-20(28-17-15-22(16-18-28)19-21-9-3-2-4-10-21)27(30)29-25-13-7-5-11-23(25)24-12-6-8-14-26(24)29/h2-14,20,22H,15-19H2,1H3. The molecule has 1 aromatic heterocycles. The van der Waals surface area contributed by atoms with Gasteiger partial charge in [0.15, 0.2) is 0 Å². The number of para-hydroxylation sites is 2. The van der Waals surface area contributed by atoms with Crippen LogP contribution in [-0.2, 0) is 6.42 Å². The highest BCUT2D eigenvalue weighted by Crippen LogP contribution is 2.30. The van der Waals surface area contributed by atoms with E-state index in [1.807, 2.05) is 28.8 Å². The van der Waals surface area contributed by atoms with Gasteiger partial charge in [0.1, 0.15) is 0 Å². The van der Waals surface area contributed by atoms with Gasteiger partial charge >= 0.3 is 0 Å². The Balaban J connectivity index is 1.35. The molecule has 1 atom stereocenters. The molecule has 3 aromatic carbocycles. The molecule has 1 aliphatic rings. The van der Waals surface area contributed by atoms with Crippen molar-refractivity contribution in [1.29, 1.82) is 0 Å². The second-order valence-corrected chi connectivity index (χ2v) is 8.55. The second-order valence-electron chi connectivity index (χ2n) is 8.55. The van der Waals surface area contributed by atoms with Crippen molar-refractivity contribution in [2.45, 2.75) is 32.2 Å². The Labute approximate surface area is 177 Å². The SMILES string of the molecule is CC(C(=O)n1c2ccccc2c2ccccc21)N1CCC(Cc2ccccc2)CC1. The minimum Gasteiger partial charge on any atom is -0.292 e. The lowest BCUT2D eigenvalue weighted by atomic mass is 9.89. The Morgan fingerprint density at radius 1 is 0.833 bits per heavy atom. The molecule has 1 aliphatic heterocycles. The zero-order valence-corrected chi connectivity index (χ0v) is 17.5. The first kappa shape index (κ1) is 19.1. The number of fused-ring (bicyclic) bond motifs is 3. The predicted molar refractivity (Wildman–Crippen MR) is 124 cm³/mol. The Morgan fingerprint density at radius 2 is 1.37 bits per heavy atom. The van der Waals surface area contributed by atoms with Crippen LogP contribution in [0.25, 0.3) is 21.8 Å². The Kier molecular flexibility index (Phi) is 5.14. The van der Waals surface area contributed by atoms with E-state index in [1.54, 1.807) is 0 Å². The summed E-state index contributed by atoms with van der Waals surface area (Å²) in [5.74, 6) is 0.883. The molecule has 4 aromatic rings. The maximum absolute atomic E-state index is 13.6. The zero-order chi connectivity index (χ0) is 20.5. The summed E-state index contributed by atoms with van der Waals surface area (Å²) in [6.07, 6.45) is 3.45. The number of nitrogens with zero attached hydrogens (tertiary/aromatic N) is 2. The Hall–Kier alpha value is -2.91. The predicted octanol–water partition coefficient (Wildman–Crippen LogP) is 5.78. The van der Waals surface area contributed by atoms with E-state index < -0.39 is 0 Å². The van der Waals surface area contributed by atoms with E-state index in [0.717, 1.165) is 54.2 Å². The molecule has 0 aliphatic carbocycles. The van der Waals surface area contributed by atoms with Crippen LogP contribution in [0, 0.1) is 5.92 Å². The van der Waals surface area contributed by atoms with Crippen molar-refractivity contribution >= 4 is 27.7 Å². The number of aromatic nitrogens is 1. The molecule has 1 unspecified atom stereocenters. The van der Waals surface area contributed by atoms with Gasteiger partial charge in [-0.15, -0.1) is 0 Å². The number of likely N-dealkylation sites (tertiary alicyclic amines) is 1. The third-order valence-electron chi connectivity index (χ3n) is 6.72. The van der Waals surface area contributed by atoms with Gasteiger partial charge in [0.25, 0.3) is 0 Å². The average Bonchev–Trinajstić information content (AvgIpc) is 3.14. The monoisotopic (exact) mass is 396 g/mol. The third-order valence-corrected chi connectivity index (χ3v) is 6.72. The number of piperidine rings is 1. The molecule has 2 heterocycles. The summed E-state index contributed by atoms with van der Waals surface area (Å²) >= 11 is 0. The molecule has 0 radical (unpaired) electrons. The van der Waals surface area contributed by atoms with Gasteiger partial charge in [-0.3, -0.25) is 14.3 Å². The van der Waals surface area contributed by atoms with Crippen molar-refractivity contribution in [3.05, 3.63) is 84.4 Å². The van der Waals surface area contributed by atoms with Crippen LogP contribution in [0.3, 0.4) is 0 Å². The number of hydrogen-bond donors (Lipinski definition) is 0. The van der Waals surface area contributed by atoms with Crippen LogP contribution in [0.2, 0.25) is 0 Å². The van der Waals surface area contributed by atoms with Crippen molar-refractivity contribution in [2.24, 2.45) is 5.92 Å². The van der Waals surface area contributed by atoms with E-state index in [9.17, 15) is 4.79 Å². The summed E-state index contributed by atoms with van der Waals surface area (Å²) in [6.45, 7) is 4.05. The molecule has 3 nitrogen and oxygen atoms in total. The zero-order valence-electron chi connectivity index (χ0n) is 17.5. The highest BCUT2D eigenvalue weighted by molar-refractivity contribution is 6.13. The summed E-state index contributed by atoms with van der Waals surface area (Å²) in [6, 6.07) is 27.1. The van der Waals surface area contributed by atoms with E-state index in [0.29, 0.717) is 5.92 Å². The molecule has 0 amide bonds.